The highest BCUT2D eigenvalue weighted by Crippen LogP contribution is 2.23. The van der Waals surface area contributed by atoms with Crippen LogP contribution in [0.5, 0.6) is 0 Å². The number of thioether (sulfide) groups is 1. The average Bonchev–Trinajstić information content (AvgIpc) is 2.58. The quantitative estimate of drug-likeness (QED) is 0.818. The van der Waals surface area contributed by atoms with Crippen molar-refractivity contribution in [3.8, 4) is 0 Å². The van der Waals surface area contributed by atoms with Crippen LogP contribution in [-0.2, 0) is 4.79 Å². The van der Waals surface area contributed by atoms with E-state index in [0.29, 0.717) is 0 Å². The van der Waals surface area contributed by atoms with Crippen LogP contribution in [0.15, 0.2) is 52.6 Å². The molecule has 1 aliphatic heterocycles. The minimum Gasteiger partial charge on any atom is -0.326 e. The van der Waals surface area contributed by atoms with Crippen LogP contribution in [0, 0.1) is 13.8 Å². The summed E-state index contributed by atoms with van der Waals surface area (Å²) in [6.45, 7) is 5.63. The Morgan fingerprint density at radius 3 is 2.50 bits per heavy atom. The Balaban J connectivity index is 0.00000243. The molecule has 0 bridgehead atoms. The molecule has 136 valence electrons. The number of aliphatic imine (C=N–C) groups is 1. The number of halogens is 1. The van der Waals surface area contributed by atoms with Crippen LogP contribution < -0.4 is 10.7 Å². The number of aryl methyl sites for hydroxylation is 2. The zero-order valence-electron chi connectivity index (χ0n) is 14.9. The van der Waals surface area contributed by atoms with Crippen molar-refractivity contribution in [3.63, 3.8) is 0 Å². The number of benzene rings is 2. The molecule has 0 unspecified atom stereocenters. The molecule has 0 saturated carbocycles. The molecule has 2 N–H and O–H groups in total. The second-order valence-electron chi connectivity index (χ2n) is 5.92. The summed E-state index contributed by atoms with van der Waals surface area (Å²) in [6.07, 6.45) is 0. The van der Waals surface area contributed by atoms with E-state index < -0.39 is 0 Å². The van der Waals surface area contributed by atoms with Crippen LogP contribution >= 0.6 is 24.2 Å². The molecule has 0 saturated heterocycles. The van der Waals surface area contributed by atoms with Crippen LogP contribution in [0.4, 0.5) is 11.4 Å². The lowest BCUT2D eigenvalue weighted by Crippen LogP contribution is -2.25. The SMILES string of the molecule is CC(=O)Nc1ccc(C2=NNC(=Nc3ccc(C)cc3C)SC2)cc1.Cl. The number of carbonyl (C=O) groups excluding carboxylic acids is 1. The Labute approximate surface area is 163 Å². The fourth-order valence-electron chi connectivity index (χ4n) is 2.51. The minimum absolute atomic E-state index is 0. The van der Waals surface area contributed by atoms with Gasteiger partial charge in [-0.25, -0.2) is 4.99 Å². The van der Waals surface area contributed by atoms with Crippen LogP contribution in [0.1, 0.15) is 23.6 Å². The fraction of sp³-hybridized carbons (Fsp3) is 0.211. The van der Waals surface area contributed by atoms with Crippen molar-refractivity contribution in [2.24, 2.45) is 10.1 Å². The van der Waals surface area contributed by atoms with Gasteiger partial charge in [-0.1, -0.05) is 41.6 Å². The number of nitrogens with one attached hydrogen (secondary N) is 2. The van der Waals surface area contributed by atoms with Crippen LogP contribution in [0.2, 0.25) is 0 Å². The molecule has 2 aromatic rings. The van der Waals surface area contributed by atoms with Gasteiger partial charge in [-0.15, -0.1) is 12.4 Å². The minimum atomic E-state index is -0.0766. The summed E-state index contributed by atoms with van der Waals surface area (Å²) in [5.74, 6) is 0.670. The highest BCUT2D eigenvalue weighted by atomic mass is 35.5. The number of hydrogen-bond acceptors (Lipinski definition) is 4. The summed E-state index contributed by atoms with van der Waals surface area (Å²) in [7, 11) is 0. The predicted molar refractivity (Wildman–Crippen MR) is 113 cm³/mol. The van der Waals surface area contributed by atoms with Gasteiger partial charge in [0.25, 0.3) is 0 Å². The first-order valence-corrected chi connectivity index (χ1v) is 8.99. The van der Waals surface area contributed by atoms with Gasteiger partial charge in [-0.2, -0.15) is 5.10 Å². The lowest BCUT2D eigenvalue weighted by atomic mass is 10.1. The topological polar surface area (TPSA) is 65.8 Å². The molecule has 0 aromatic heterocycles. The molecule has 0 spiro atoms. The van der Waals surface area contributed by atoms with E-state index in [1.165, 1.54) is 12.5 Å². The van der Waals surface area contributed by atoms with Crippen LogP contribution in [0.25, 0.3) is 0 Å². The maximum absolute atomic E-state index is 11.1. The average molecular weight is 389 g/mol. The van der Waals surface area contributed by atoms with Crippen molar-refractivity contribution >= 4 is 52.3 Å². The third kappa shape index (κ3) is 5.09. The fourth-order valence-corrected chi connectivity index (χ4v) is 3.29. The lowest BCUT2D eigenvalue weighted by molar-refractivity contribution is -0.114. The molecule has 26 heavy (non-hydrogen) atoms. The molecule has 1 amide bonds. The Bertz CT molecular complexity index is 862. The van der Waals surface area contributed by atoms with Crippen molar-refractivity contribution in [1.29, 1.82) is 0 Å². The highest BCUT2D eigenvalue weighted by Gasteiger charge is 2.13. The molecule has 0 radical (unpaired) electrons. The Kier molecular flexibility index (Phi) is 6.83. The van der Waals surface area contributed by atoms with Crippen molar-refractivity contribution < 1.29 is 4.79 Å². The van der Waals surface area contributed by atoms with Gasteiger partial charge < -0.3 is 5.32 Å². The van der Waals surface area contributed by atoms with Gasteiger partial charge in [0, 0.05) is 18.4 Å². The van der Waals surface area contributed by atoms with Gasteiger partial charge in [0.15, 0.2) is 5.17 Å². The largest absolute Gasteiger partial charge is 0.326 e. The first-order valence-electron chi connectivity index (χ1n) is 8.00. The number of amides is 1. The molecule has 0 aliphatic carbocycles. The van der Waals surface area contributed by atoms with E-state index in [2.05, 4.69) is 46.8 Å². The van der Waals surface area contributed by atoms with E-state index in [1.807, 2.05) is 30.3 Å². The normalized spacial score (nSPS) is 14.9. The standard InChI is InChI=1S/C19H20N4OS.ClH/c1-12-4-9-17(13(2)10-12)21-19-23-22-18(11-25-19)15-5-7-16(8-6-15)20-14(3)24;/h4-10H,11H2,1-3H3,(H,20,24)(H,21,23);1H. The molecule has 0 fully saturated rings. The number of anilines is 1. The van der Waals surface area contributed by atoms with Crippen LogP contribution in [-0.4, -0.2) is 22.5 Å². The maximum atomic E-state index is 11.1. The summed E-state index contributed by atoms with van der Waals surface area (Å²) in [5.41, 5.74) is 9.14. The monoisotopic (exact) mass is 388 g/mol. The Morgan fingerprint density at radius 2 is 1.92 bits per heavy atom. The van der Waals surface area contributed by atoms with Gasteiger partial charge >= 0.3 is 0 Å². The number of nitrogens with zero attached hydrogens (tertiary/aromatic N) is 2. The Morgan fingerprint density at radius 1 is 1.19 bits per heavy atom. The first kappa shape index (κ1) is 20.0. The predicted octanol–water partition coefficient (Wildman–Crippen LogP) is 4.41. The highest BCUT2D eigenvalue weighted by molar-refractivity contribution is 8.14. The van der Waals surface area contributed by atoms with E-state index in [-0.39, 0.29) is 18.3 Å². The van der Waals surface area contributed by atoms with E-state index in [0.717, 1.165) is 39.1 Å². The number of hydrazone groups is 1. The molecular weight excluding hydrogens is 368 g/mol. The second-order valence-corrected chi connectivity index (χ2v) is 6.89. The van der Waals surface area contributed by atoms with E-state index in [4.69, 9.17) is 0 Å². The number of hydrogen-bond donors (Lipinski definition) is 2. The molecule has 3 rings (SSSR count). The lowest BCUT2D eigenvalue weighted by Gasteiger charge is -2.15. The number of carbonyl (C=O) groups is 1. The summed E-state index contributed by atoms with van der Waals surface area (Å²) in [5, 5.41) is 8.00. The molecule has 1 heterocycles. The third-order valence-electron chi connectivity index (χ3n) is 3.74. The Hall–Kier alpha value is -2.31. The third-order valence-corrected chi connectivity index (χ3v) is 4.62. The van der Waals surface area contributed by atoms with Crippen molar-refractivity contribution in [2.75, 3.05) is 11.1 Å². The van der Waals surface area contributed by atoms with Crippen molar-refractivity contribution in [1.82, 2.24) is 5.43 Å². The van der Waals surface area contributed by atoms with Gasteiger partial charge in [0.05, 0.1) is 11.4 Å². The van der Waals surface area contributed by atoms with E-state index in [9.17, 15) is 4.79 Å². The van der Waals surface area contributed by atoms with Crippen molar-refractivity contribution in [3.05, 3.63) is 59.2 Å². The van der Waals surface area contributed by atoms with E-state index >= 15 is 0 Å². The molecule has 7 heteroatoms. The zero-order valence-corrected chi connectivity index (χ0v) is 16.5. The van der Waals surface area contributed by atoms with Crippen molar-refractivity contribution in [2.45, 2.75) is 20.8 Å². The van der Waals surface area contributed by atoms with Gasteiger partial charge in [0.2, 0.25) is 5.91 Å². The second kappa shape index (κ2) is 8.87. The smallest absolute Gasteiger partial charge is 0.221 e. The molecular formula is C19H21ClN4OS. The number of rotatable bonds is 3. The first-order chi connectivity index (χ1) is 12.0. The summed E-state index contributed by atoms with van der Waals surface area (Å²) < 4.78 is 0. The summed E-state index contributed by atoms with van der Waals surface area (Å²) in [4.78, 5) is 15.7. The molecule has 0 atom stereocenters. The number of amidine groups is 1. The molecule has 1 aliphatic rings. The molecule has 5 nitrogen and oxygen atoms in total. The van der Waals surface area contributed by atoms with Gasteiger partial charge in [-0.3, -0.25) is 10.2 Å². The zero-order chi connectivity index (χ0) is 17.8. The summed E-state index contributed by atoms with van der Waals surface area (Å²) in [6, 6.07) is 13.9. The van der Waals surface area contributed by atoms with Gasteiger partial charge in [0.1, 0.15) is 0 Å². The summed E-state index contributed by atoms with van der Waals surface area (Å²) >= 11 is 1.63. The van der Waals surface area contributed by atoms with Crippen LogP contribution in [0.3, 0.4) is 0 Å². The van der Waals surface area contributed by atoms with E-state index in [1.54, 1.807) is 11.8 Å². The van der Waals surface area contributed by atoms with Gasteiger partial charge in [-0.05, 0) is 43.2 Å². The molecule has 2 aromatic carbocycles. The maximum Gasteiger partial charge on any atom is 0.221 e.